The highest BCUT2D eigenvalue weighted by Crippen LogP contribution is 2.29. The molecule has 0 fully saturated rings. The molecule has 0 spiro atoms. The Morgan fingerprint density at radius 3 is 2.52 bits per heavy atom. The summed E-state index contributed by atoms with van der Waals surface area (Å²) in [6, 6.07) is 8.75. The molecule has 2 N–H and O–H groups in total. The van der Waals surface area contributed by atoms with E-state index >= 15 is 0 Å². The highest BCUT2D eigenvalue weighted by Gasteiger charge is 2.30. The molecule has 0 atom stereocenters. The van der Waals surface area contributed by atoms with Crippen molar-refractivity contribution in [3.05, 3.63) is 64.7 Å². The van der Waals surface area contributed by atoms with Crippen molar-refractivity contribution in [2.24, 2.45) is 0 Å². The Labute approximate surface area is 167 Å². The first kappa shape index (κ1) is 22.5. The van der Waals surface area contributed by atoms with Gasteiger partial charge in [0, 0.05) is 17.7 Å². The van der Waals surface area contributed by atoms with Crippen molar-refractivity contribution in [3.8, 4) is 11.8 Å². The minimum absolute atomic E-state index is 0.0369. The molecule has 0 aromatic heterocycles. The summed E-state index contributed by atoms with van der Waals surface area (Å²) in [6.07, 6.45) is -4.46. The Hall–Kier alpha value is -2.83. The summed E-state index contributed by atoms with van der Waals surface area (Å²) in [7, 11) is -3.71. The lowest BCUT2D eigenvalue weighted by atomic mass is 10.1. The number of carbonyl (C=O) groups is 1. The van der Waals surface area contributed by atoms with Crippen LogP contribution in [0.5, 0.6) is 0 Å². The molecule has 1 amide bonds. The smallest absolute Gasteiger partial charge is 0.341 e. The molecule has 2 aromatic carbocycles. The van der Waals surface area contributed by atoms with Gasteiger partial charge in [0.15, 0.2) is 0 Å². The summed E-state index contributed by atoms with van der Waals surface area (Å²) in [5, 5.41) is 2.52. The molecule has 0 bridgehead atoms. The number of benzene rings is 2. The van der Waals surface area contributed by atoms with Crippen LogP contribution in [0.4, 0.5) is 13.2 Å². The zero-order chi connectivity index (χ0) is 21.7. The molecule has 0 aliphatic heterocycles. The predicted octanol–water partition coefficient (Wildman–Crippen LogP) is 3.09. The lowest BCUT2D eigenvalue weighted by Gasteiger charge is -2.09. The normalized spacial score (nSPS) is 11.5. The molecule has 0 aliphatic rings. The first-order chi connectivity index (χ1) is 13.5. The van der Waals surface area contributed by atoms with Crippen molar-refractivity contribution in [2.75, 3.05) is 13.1 Å². The fourth-order valence-corrected chi connectivity index (χ4v) is 3.49. The molecule has 0 radical (unpaired) electrons. The van der Waals surface area contributed by atoms with Crippen LogP contribution in [0.25, 0.3) is 0 Å². The number of sulfonamides is 1. The van der Waals surface area contributed by atoms with E-state index in [-0.39, 0.29) is 29.1 Å². The Morgan fingerprint density at radius 1 is 1.14 bits per heavy atom. The van der Waals surface area contributed by atoms with Gasteiger partial charge in [-0.2, -0.15) is 13.2 Å². The molecule has 2 rings (SSSR count). The fourth-order valence-electron chi connectivity index (χ4n) is 2.43. The summed E-state index contributed by atoms with van der Waals surface area (Å²) < 4.78 is 64.6. The third-order valence-electron chi connectivity index (χ3n) is 3.86. The van der Waals surface area contributed by atoms with Crippen LogP contribution in [-0.2, 0) is 16.2 Å². The first-order valence-corrected chi connectivity index (χ1v) is 10.1. The number of aryl methyl sites for hydroxylation is 1. The van der Waals surface area contributed by atoms with E-state index in [1.54, 1.807) is 13.8 Å². The SMILES string of the molecule is CCNS(=O)(=O)c1ccc(C)c(C(=O)NCC#Cc2cccc(C(F)(F)F)c2)c1. The summed E-state index contributed by atoms with van der Waals surface area (Å²) in [4.78, 5) is 12.3. The van der Waals surface area contributed by atoms with E-state index in [0.29, 0.717) is 5.56 Å². The van der Waals surface area contributed by atoms with E-state index in [9.17, 15) is 26.4 Å². The van der Waals surface area contributed by atoms with Crippen LogP contribution < -0.4 is 10.0 Å². The van der Waals surface area contributed by atoms with Gasteiger partial charge >= 0.3 is 6.18 Å². The largest absolute Gasteiger partial charge is 0.416 e. The molecular formula is C20H19F3N2O3S. The van der Waals surface area contributed by atoms with Crippen molar-refractivity contribution < 1.29 is 26.4 Å². The van der Waals surface area contributed by atoms with Gasteiger partial charge in [-0.15, -0.1) is 0 Å². The lowest BCUT2D eigenvalue weighted by molar-refractivity contribution is -0.137. The number of amides is 1. The van der Waals surface area contributed by atoms with Gasteiger partial charge in [0.1, 0.15) is 0 Å². The summed E-state index contributed by atoms with van der Waals surface area (Å²) >= 11 is 0. The van der Waals surface area contributed by atoms with Gasteiger partial charge in [0.2, 0.25) is 10.0 Å². The second-order valence-corrected chi connectivity index (χ2v) is 7.81. The van der Waals surface area contributed by atoms with E-state index in [2.05, 4.69) is 21.9 Å². The van der Waals surface area contributed by atoms with E-state index in [0.717, 1.165) is 12.1 Å². The van der Waals surface area contributed by atoms with Crippen LogP contribution in [0.15, 0.2) is 47.4 Å². The lowest BCUT2D eigenvalue weighted by Crippen LogP contribution is -2.26. The number of nitrogens with one attached hydrogen (secondary N) is 2. The summed E-state index contributed by atoms with van der Waals surface area (Å²) in [5.41, 5.74) is 0.111. The van der Waals surface area contributed by atoms with Crippen LogP contribution in [0, 0.1) is 18.8 Å². The standard InChI is InChI=1S/C20H19F3N2O3S/c1-3-25-29(27,28)17-10-9-14(2)18(13-17)19(26)24-11-5-7-15-6-4-8-16(12-15)20(21,22)23/h4,6,8-10,12-13,25H,3,11H2,1-2H3,(H,24,26). The molecule has 154 valence electrons. The van der Waals surface area contributed by atoms with Gasteiger partial charge in [-0.05, 0) is 42.8 Å². The number of alkyl halides is 3. The quantitative estimate of drug-likeness (QED) is 0.725. The molecule has 0 unspecified atom stereocenters. The van der Waals surface area contributed by atoms with E-state index in [1.807, 2.05) is 0 Å². The first-order valence-electron chi connectivity index (χ1n) is 8.59. The third kappa shape index (κ3) is 6.07. The molecule has 0 aliphatic carbocycles. The Kier molecular flexibility index (Phi) is 7.06. The molecule has 5 nitrogen and oxygen atoms in total. The second-order valence-electron chi connectivity index (χ2n) is 6.04. The Morgan fingerprint density at radius 2 is 1.86 bits per heavy atom. The van der Waals surface area contributed by atoms with Gasteiger partial charge in [0.05, 0.1) is 17.0 Å². The summed E-state index contributed by atoms with van der Waals surface area (Å²) in [5.74, 6) is 4.61. The zero-order valence-electron chi connectivity index (χ0n) is 15.7. The van der Waals surface area contributed by atoms with Crippen LogP contribution in [0.2, 0.25) is 0 Å². The number of carbonyl (C=O) groups excluding carboxylic acids is 1. The molecule has 0 saturated heterocycles. The van der Waals surface area contributed by atoms with Crippen LogP contribution in [0.1, 0.15) is 34.0 Å². The maximum atomic E-state index is 12.7. The Balaban J connectivity index is 2.11. The highest BCUT2D eigenvalue weighted by molar-refractivity contribution is 7.89. The van der Waals surface area contributed by atoms with Crippen molar-refractivity contribution in [2.45, 2.75) is 24.9 Å². The van der Waals surface area contributed by atoms with Crippen molar-refractivity contribution in [3.63, 3.8) is 0 Å². The minimum Gasteiger partial charge on any atom is -0.341 e. The second kappa shape index (κ2) is 9.11. The minimum atomic E-state index is -4.46. The number of hydrogen-bond donors (Lipinski definition) is 2. The molecule has 2 aromatic rings. The summed E-state index contributed by atoms with van der Waals surface area (Å²) in [6.45, 7) is 3.40. The highest BCUT2D eigenvalue weighted by atomic mass is 32.2. The average Bonchev–Trinajstić information content (AvgIpc) is 2.65. The molecule has 0 saturated carbocycles. The van der Waals surface area contributed by atoms with Crippen LogP contribution in [0.3, 0.4) is 0 Å². The molecule has 0 heterocycles. The predicted molar refractivity (Wildman–Crippen MR) is 103 cm³/mol. The maximum absolute atomic E-state index is 12.7. The monoisotopic (exact) mass is 424 g/mol. The van der Waals surface area contributed by atoms with Gasteiger partial charge in [-0.1, -0.05) is 30.9 Å². The molecule has 9 heteroatoms. The molecular weight excluding hydrogens is 405 g/mol. The Bertz CT molecular complexity index is 1070. The van der Waals surface area contributed by atoms with Gasteiger partial charge < -0.3 is 5.32 Å². The van der Waals surface area contributed by atoms with Gasteiger partial charge in [0.25, 0.3) is 5.91 Å². The van der Waals surface area contributed by atoms with Crippen molar-refractivity contribution in [1.82, 2.24) is 10.0 Å². The molecule has 29 heavy (non-hydrogen) atoms. The maximum Gasteiger partial charge on any atom is 0.416 e. The van der Waals surface area contributed by atoms with Gasteiger partial charge in [-0.25, -0.2) is 13.1 Å². The van der Waals surface area contributed by atoms with E-state index in [1.165, 1.54) is 30.3 Å². The van der Waals surface area contributed by atoms with Crippen LogP contribution in [-0.4, -0.2) is 27.4 Å². The number of rotatable bonds is 5. The van der Waals surface area contributed by atoms with E-state index in [4.69, 9.17) is 0 Å². The zero-order valence-corrected chi connectivity index (χ0v) is 16.5. The van der Waals surface area contributed by atoms with E-state index < -0.39 is 27.7 Å². The van der Waals surface area contributed by atoms with Crippen LogP contribution >= 0.6 is 0 Å². The third-order valence-corrected chi connectivity index (χ3v) is 5.40. The number of halogens is 3. The number of hydrogen-bond acceptors (Lipinski definition) is 3. The van der Waals surface area contributed by atoms with Crippen molar-refractivity contribution in [1.29, 1.82) is 0 Å². The topological polar surface area (TPSA) is 75.3 Å². The van der Waals surface area contributed by atoms with Gasteiger partial charge in [-0.3, -0.25) is 4.79 Å². The fraction of sp³-hybridized carbons (Fsp3) is 0.250. The van der Waals surface area contributed by atoms with Crippen molar-refractivity contribution >= 4 is 15.9 Å². The average molecular weight is 424 g/mol.